The molecule has 1 heterocycles. The van der Waals surface area contributed by atoms with Gasteiger partial charge in [-0.2, -0.15) is 4.31 Å². The minimum absolute atomic E-state index is 0. The van der Waals surface area contributed by atoms with E-state index in [1.54, 1.807) is 25.1 Å². The fourth-order valence-corrected chi connectivity index (χ4v) is 4.50. The van der Waals surface area contributed by atoms with Crippen molar-refractivity contribution < 1.29 is 13.2 Å². The predicted octanol–water partition coefficient (Wildman–Crippen LogP) is 2.24. The van der Waals surface area contributed by atoms with Gasteiger partial charge in [0.2, 0.25) is 15.9 Å². The fourth-order valence-electron chi connectivity index (χ4n) is 2.79. The van der Waals surface area contributed by atoms with E-state index < -0.39 is 10.0 Å². The highest BCUT2D eigenvalue weighted by Crippen LogP contribution is 2.25. The van der Waals surface area contributed by atoms with Gasteiger partial charge in [-0.25, -0.2) is 8.42 Å². The lowest BCUT2D eigenvalue weighted by Gasteiger charge is -2.31. The summed E-state index contributed by atoms with van der Waals surface area (Å²) in [6.07, 6.45) is 0. The van der Waals surface area contributed by atoms with Crippen LogP contribution in [0.5, 0.6) is 0 Å². The third-order valence-corrected chi connectivity index (χ3v) is 6.90. The Hall–Kier alpha value is -1.15. The van der Waals surface area contributed by atoms with Crippen molar-refractivity contribution in [3.05, 3.63) is 23.8 Å². The number of benzene rings is 1. The number of carbonyl (C=O) groups excluding carboxylic acids is 1. The van der Waals surface area contributed by atoms with Crippen LogP contribution in [0.3, 0.4) is 0 Å². The van der Waals surface area contributed by atoms with Crippen molar-refractivity contribution in [2.24, 2.45) is 11.8 Å². The molecule has 8 heteroatoms. The number of sulfonamides is 1. The summed E-state index contributed by atoms with van der Waals surface area (Å²) in [6, 6.07) is 5.05. The molecule has 0 aromatic heterocycles. The van der Waals surface area contributed by atoms with E-state index in [-0.39, 0.29) is 29.1 Å². The van der Waals surface area contributed by atoms with Gasteiger partial charge in [0.1, 0.15) is 0 Å². The van der Waals surface area contributed by atoms with E-state index in [0.717, 1.165) is 13.1 Å². The lowest BCUT2D eigenvalue weighted by atomic mass is 9.88. The Morgan fingerprint density at radius 2 is 1.92 bits per heavy atom. The molecule has 0 spiro atoms. The molecule has 1 aromatic carbocycles. The van der Waals surface area contributed by atoms with E-state index in [4.69, 9.17) is 0 Å². The number of nitrogens with zero attached hydrogens (tertiary/aromatic N) is 1. The quantitative estimate of drug-likeness (QED) is 0.749. The molecule has 25 heavy (non-hydrogen) atoms. The zero-order chi connectivity index (χ0) is 17.9. The second-order valence-corrected chi connectivity index (χ2v) is 8.17. The Morgan fingerprint density at radius 3 is 2.40 bits per heavy atom. The van der Waals surface area contributed by atoms with Gasteiger partial charge in [-0.1, -0.05) is 26.8 Å². The van der Waals surface area contributed by atoms with Crippen molar-refractivity contribution in [2.45, 2.75) is 32.6 Å². The van der Waals surface area contributed by atoms with E-state index in [1.165, 1.54) is 4.31 Å². The normalized spacial score (nSPS) is 16.0. The molecule has 0 bridgehead atoms. The van der Waals surface area contributed by atoms with Crippen LogP contribution in [0, 0.1) is 18.8 Å². The van der Waals surface area contributed by atoms with Gasteiger partial charge < -0.3 is 10.6 Å². The molecule has 1 saturated heterocycles. The maximum atomic E-state index is 12.8. The number of amides is 1. The van der Waals surface area contributed by atoms with Crippen LogP contribution < -0.4 is 10.6 Å². The zero-order valence-corrected chi connectivity index (χ0v) is 16.8. The van der Waals surface area contributed by atoms with Crippen LogP contribution >= 0.6 is 12.4 Å². The minimum atomic E-state index is -3.55. The maximum Gasteiger partial charge on any atom is 0.243 e. The number of hydrogen-bond donors (Lipinski definition) is 2. The molecule has 2 N–H and O–H groups in total. The van der Waals surface area contributed by atoms with Crippen molar-refractivity contribution in [3.8, 4) is 0 Å². The van der Waals surface area contributed by atoms with Gasteiger partial charge in [0.25, 0.3) is 0 Å². The minimum Gasteiger partial charge on any atom is -0.326 e. The molecule has 0 saturated carbocycles. The molecule has 1 aromatic rings. The van der Waals surface area contributed by atoms with E-state index in [0.29, 0.717) is 30.3 Å². The second kappa shape index (κ2) is 8.98. The van der Waals surface area contributed by atoms with Crippen LogP contribution in [0.2, 0.25) is 0 Å². The van der Waals surface area contributed by atoms with Crippen LogP contribution in [-0.2, 0) is 14.8 Å². The van der Waals surface area contributed by atoms with E-state index in [2.05, 4.69) is 10.6 Å². The number of nitrogens with one attached hydrogen (secondary N) is 2. The van der Waals surface area contributed by atoms with Crippen molar-refractivity contribution in [2.75, 3.05) is 31.5 Å². The summed E-state index contributed by atoms with van der Waals surface area (Å²) in [7, 11) is -3.55. The van der Waals surface area contributed by atoms with Crippen LogP contribution in [-0.4, -0.2) is 44.8 Å². The smallest absolute Gasteiger partial charge is 0.243 e. The Balaban J connectivity index is 0.00000312. The third-order valence-electron chi connectivity index (χ3n) is 4.71. The van der Waals surface area contributed by atoms with Gasteiger partial charge in [-0.15, -0.1) is 12.4 Å². The summed E-state index contributed by atoms with van der Waals surface area (Å²) in [5.74, 6) is 0.168. The number of carbonyl (C=O) groups is 1. The predicted molar refractivity (Wildman–Crippen MR) is 103 cm³/mol. The summed E-state index contributed by atoms with van der Waals surface area (Å²) < 4.78 is 26.9. The summed E-state index contributed by atoms with van der Waals surface area (Å²) in [6.45, 7) is 9.84. The first-order chi connectivity index (χ1) is 11.3. The monoisotopic (exact) mass is 389 g/mol. The van der Waals surface area contributed by atoms with Crippen LogP contribution in [0.15, 0.2) is 23.1 Å². The Labute approximate surface area is 156 Å². The highest BCUT2D eigenvalue weighted by Gasteiger charge is 2.29. The number of anilines is 1. The third kappa shape index (κ3) is 4.73. The van der Waals surface area contributed by atoms with Crippen LogP contribution in [0.25, 0.3) is 0 Å². The van der Waals surface area contributed by atoms with Gasteiger partial charge in [0.05, 0.1) is 4.90 Å². The summed E-state index contributed by atoms with van der Waals surface area (Å²) in [5.41, 5.74) is 1.20. The summed E-state index contributed by atoms with van der Waals surface area (Å²) >= 11 is 0. The van der Waals surface area contributed by atoms with Crippen LogP contribution in [0.1, 0.15) is 26.3 Å². The average molecular weight is 390 g/mol. The molecular formula is C17H28ClN3O3S. The lowest BCUT2D eigenvalue weighted by molar-refractivity contribution is -0.121. The van der Waals surface area contributed by atoms with Gasteiger partial charge in [0, 0.05) is 24.7 Å². The molecule has 1 aliphatic rings. The molecular weight excluding hydrogens is 362 g/mol. The molecule has 1 unspecified atom stereocenters. The van der Waals surface area contributed by atoms with E-state index >= 15 is 0 Å². The van der Waals surface area contributed by atoms with Crippen molar-refractivity contribution in [1.82, 2.24) is 9.62 Å². The zero-order valence-electron chi connectivity index (χ0n) is 15.2. The van der Waals surface area contributed by atoms with Gasteiger partial charge in [-0.05, 0) is 43.6 Å². The molecule has 1 aliphatic heterocycles. The van der Waals surface area contributed by atoms with E-state index in [9.17, 15) is 13.2 Å². The highest BCUT2D eigenvalue weighted by atomic mass is 35.5. The second-order valence-electron chi connectivity index (χ2n) is 6.27. The summed E-state index contributed by atoms with van der Waals surface area (Å²) in [4.78, 5) is 12.6. The SMILES string of the molecule is CCN(CC)S(=O)(=O)c1cc(NC(=O)C(C)C2CNC2)ccc1C.Cl. The van der Waals surface area contributed by atoms with Crippen molar-refractivity contribution in [3.63, 3.8) is 0 Å². The number of halogens is 1. The maximum absolute atomic E-state index is 12.8. The summed E-state index contributed by atoms with van der Waals surface area (Å²) in [5, 5.41) is 6.01. The first-order valence-corrected chi connectivity index (χ1v) is 9.87. The molecule has 6 nitrogen and oxygen atoms in total. The Morgan fingerprint density at radius 1 is 1.32 bits per heavy atom. The Bertz CT molecular complexity index is 701. The van der Waals surface area contributed by atoms with Crippen molar-refractivity contribution in [1.29, 1.82) is 0 Å². The van der Waals surface area contributed by atoms with Gasteiger partial charge >= 0.3 is 0 Å². The molecule has 142 valence electrons. The Kier molecular flexibility index (Phi) is 7.87. The highest BCUT2D eigenvalue weighted by molar-refractivity contribution is 7.89. The molecule has 0 radical (unpaired) electrons. The molecule has 1 fully saturated rings. The standard InChI is InChI=1S/C17H27N3O3S.ClH/c1-5-20(6-2)24(22,23)16-9-15(8-7-12(16)3)19-17(21)13(4)14-10-18-11-14;/h7-9,13-14,18H,5-6,10-11H2,1-4H3,(H,19,21);1H. The number of aryl methyl sites for hydroxylation is 1. The first-order valence-electron chi connectivity index (χ1n) is 8.43. The molecule has 0 aliphatic carbocycles. The van der Waals surface area contributed by atoms with Gasteiger partial charge in [-0.3, -0.25) is 4.79 Å². The van der Waals surface area contributed by atoms with Crippen LogP contribution in [0.4, 0.5) is 5.69 Å². The molecule has 1 atom stereocenters. The molecule has 2 rings (SSSR count). The fraction of sp³-hybridized carbons (Fsp3) is 0.588. The average Bonchev–Trinajstić information content (AvgIpc) is 2.48. The number of rotatable bonds is 7. The molecule has 1 amide bonds. The topological polar surface area (TPSA) is 78.5 Å². The first kappa shape index (κ1) is 21.9. The van der Waals surface area contributed by atoms with E-state index in [1.807, 2.05) is 20.8 Å². The lowest BCUT2D eigenvalue weighted by Crippen LogP contribution is -2.48. The van der Waals surface area contributed by atoms with Gasteiger partial charge in [0.15, 0.2) is 0 Å². The van der Waals surface area contributed by atoms with Crippen molar-refractivity contribution >= 4 is 34.0 Å². The number of hydrogen-bond acceptors (Lipinski definition) is 4. The largest absolute Gasteiger partial charge is 0.326 e.